The van der Waals surface area contributed by atoms with E-state index in [1.807, 2.05) is 31.5 Å². The number of rotatable bonds is 7. The fourth-order valence-electron chi connectivity index (χ4n) is 4.08. The fourth-order valence-corrected chi connectivity index (χ4v) is 4.08. The number of aromatic nitrogens is 2. The van der Waals surface area contributed by atoms with Gasteiger partial charge in [0.2, 0.25) is 0 Å². The molecule has 8 nitrogen and oxygen atoms in total. The lowest BCUT2D eigenvalue weighted by Crippen LogP contribution is -2.34. The number of piperidine rings is 1. The van der Waals surface area contributed by atoms with E-state index in [1.54, 1.807) is 12.1 Å². The molecule has 0 bridgehead atoms. The molecule has 0 saturated carbocycles. The van der Waals surface area contributed by atoms with Gasteiger partial charge in [-0.15, -0.1) is 0 Å². The number of hydrogen-bond donors (Lipinski definition) is 1. The van der Waals surface area contributed by atoms with Crippen molar-refractivity contribution in [2.45, 2.75) is 47.1 Å². The van der Waals surface area contributed by atoms with Crippen molar-refractivity contribution in [3.8, 4) is 0 Å². The van der Waals surface area contributed by atoms with Crippen molar-refractivity contribution in [2.24, 2.45) is 11.8 Å². The Morgan fingerprint density at radius 2 is 2.13 bits per heavy atom. The third-order valence-corrected chi connectivity index (χ3v) is 5.63. The molecule has 1 saturated heterocycles. The van der Waals surface area contributed by atoms with Crippen LogP contribution in [0.15, 0.2) is 24.3 Å². The smallest absolute Gasteiger partial charge is 0.293 e. The topological polar surface area (TPSA) is 93.3 Å². The molecule has 1 fully saturated rings. The summed E-state index contributed by atoms with van der Waals surface area (Å²) >= 11 is 0. The average molecular weight is 414 g/mol. The number of nitro groups is 1. The number of aryl methyl sites for hydroxylation is 2. The second kappa shape index (κ2) is 9.28. The van der Waals surface area contributed by atoms with Gasteiger partial charge in [-0.25, -0.2) is 0 Å². The third-order valence-electron chi connectivity index (χ3n) is 5.63. The van der Waals surface area contributed by atoms with Crippen molar-refractivity contribution in [3.05, 3.63) is 51.3 Å². The maximum Gasteiger partial charge on any atom is 0.293 e. The first-order chi connectivity index (χ1) is 14.2. The SMILES string of the molecule is Cc1cc(C)n(CC(C)CNC(=O)c2ccc(N3CCCC(C)C3)c([N+](=O)[O-])c2)n1. The van der Waals surface area contributed by atoms with Crippen molar-refractivity contribution >= 4 is 17.3 Å². The quantitative estimate of drug-likeness (QED) is 0.552. The largest absolute Gasteiger partial charge is 0.366 e. The molecule has 2 heterocycles. The van der Waals surface area contributed by atoms with E-state index in [4.69, 9.17) is 0 Å². The molecule has 1 aromatic heterocycles. The predicted molar refractivity (Wildman–Crippen MR) is 117 cm³/mol. The summed E-state index contributed by atoms with van der Waals surface area (Å²) in [5, 5.41) is 19.0. The Bertz CT molecular complexity index is 923. The minimum absolute atomic E-state index is 0.00700. The summed E-state index contributed by atoms with van der Waals surface area (Å²) in [7, 11) is 0. The summed E-state index contributed by atoms with van der Waals surface area (Å²) in [6.07, 6.45) is 2.16. The summed E-state index contributed by atoms with van der Waals surface area (Å²) in [6.45, 7) is 10.9. The molecule has 1 aromatic carbocycles. The van der Waals surface area contributed by atoms with Crippen molar-refractivity contribution < 1.29 is 9.72 Å². The van der Waals surface area contributed by atoms with Crippen LogP contribution >= 0.6 is 0 Å². The van der Waals surface area contributed by atoms with Crippen LogP contribution in [0.5, 0.6) is 0 Å². The molecule has 30 heavy (non-hydrogen) atoms. The van der Waals surface area contributed by atoms with Crippen LogP contribution in [0.3, 0.4) is 0 Å². The molecular weight excluding hydrogens is 382 g/mol. The zero-order valence-corrected chi connectivity index (χ0v) is 18.2. The van der Waals surface area contributed by atoms with Crippen molar-refractivity contribution in [3.63, 3.8) is 0 Å². The molecule has 1 amide bonds. The number of nitrogens with zero attached hydrogens (tertiary/aromatic N) is 4. The van der Waals surface area contributed by atoms with E-state index in [0.29, 0.717) is 30.3 Å². The summed E-state index contributed by atoms with van der Waals surface area (Å²) in [5.74, 6) is 0.387. The van der Waals surface area contributed by atoms with Gasteiger partial charge in [0.1, 0.15) is 5.69 Å². The van der Waals surface area contributed by atoms with Gasteiger partial charge in [-0.1, -0.05) is 13.8 Å². The van der Waals surface area contributed by atoms with Crippen molar-refractivity contribution in [2.75, 3.05) is 24.5 Å². The Morgan fingerprint density at radius 3 is 2.77 bits per heavy atom. The molecule has 8 heteroatoms. The first-order valence-corrected chi connectivity index (χ1v) is 10.6. The minimum atomic E-state index is -0.392. The molecule has 2 aromatic rings. The maximum atomic E-state index is 12.6. The highest BCUT2D eigenvalue weighted by molar-refractivity contribution is 5.95. The summed E-state index contributed by atoms with van der Waals surface area (Å²) in [5.41, 5.74) is 2.96. The number of amides is 1. The van der Waals surface area contributed by atoms with Gasteiger partial charge >= 0.3 is 0 Å². The highest BCUT2D eigenvalue weighted by Gasteiger charge is 2.25. The average Bonchev–Trinajstić information content (AvgIpc) is 3.02. The first kappa shape index (κ1) is 21.8. The number of anilines is 1. The molecule has 162 valence electrons. The number of hydrogen-bond acceptors (Lipinski definition) is 5. The van der Waals surface area contributed by atoms with Crippen LogP contribution in [0, 0.1) is 35.8 Å². The molecule has 2 atom stereocenters. The highest BCUT2D eigenvalue weighted by Crippen LogP contribution is 2.32. The van der Waals surface area contributed by atoms with Crippen LogP contribution in [-0.2, 0) is 6.54 Å². The lowest BCUT2D eigenvalue weighted by molar-refractivity contribution is -0.384. The van der Waals surface area contributed by atoms with Crippen LogP contribution in [-0.4, -0.2) is 40.2 Å². The van der Waals surface area contributed by atoms with Gasteiger partial charge in [-0.2, -0.15) is 5.10 Å². The molecule has 0 aliphatic carbocycles. The second-order valence-corrected chi connectivity index (χ2v) is 8.58. The number of carbonyl (C=O) groups is 1. The second-order valence-electron chi connectivity index (χ2n) is 8.58. The fraction of sp³-hybridized carbons (Fsp3) is 0.545. The molecule has 2 unspecified atom stereocenters. The van der Waals surface area contributed by atoms with E-state index in [9.17, 15) is 14.9 Å². The van der Waals surface area contributed by atoms with E-state index in [-0.39, 0.29) is 17.5 Å². The van der Waals surface area contributed by atoms with E-state index < -0.39 is 4.92 Å². The number of nitrogens with one attached hydrogen (secondary N) is 1. The van der Waals surface area contributed by atoms with Gasteiger partial charge in [0.15, 0.2) is 0 Å². The molecule has 0 spiro atoms. The lowest BCUT2D eigenvalue weighted by atomic mass is 9.99. The van der Waals surface area contributed by atoms with Gasteiger partial charge < -0.3 is 10.2 Å². The molecule has 1 aliphatic heterocycles. The van der Waals surface area contributed by atoms with E-state index >= 15 is 0 Å². The lowest BCUT2D eigenvalue weighted by Gasteiger charge is -2.32. The van der Waals surface area contributed by atoms with Gasteiger partial charge in [0.05, 0.1) is 10.6 Å². The van der Waals surface area contributed by atoms with E-state index in [2.05, 4.69) is 22.2 Å². The third kappa shape index (κ3) is 5.17. The molecule has 3 rings (SSSR count). The molecule has 1 aliphatic rings. The predicted octanol–water partition coefficient (Wildman–Crippen LogP) is 3.71. The number of nitro benzene ring substituents is 1. The standard InChI is InChI=1S/C22H31N5O3/c1-15-6-5-9-25(13-15)20-8-7-19(11-21(20)27(29)30)22(28)23-12-16(2)14-26-18(4)10-17(3)24-26/h7-8,10-11,15-16H,5-6,9,12-14H2,1-4H3,(H,23,28). The van der Waals surface area contributed by atoms with Crippen LogP contribution in [0.25, 0.3) is 0 Å². The van der Waals surface area contributed by atoms with Crippen LogP contribution in [0.4, 0.5) is 11.4 Å². The highest BCUT2D eigenvalue weighted by atomic mass is 16.6. The zero-order valence-electron chi connectivity index (χ0n) is 18.2. The maximum absolute atomic E-state index is 12.6. The Kier molecular flexibility index (Phi) is 6.74. The first-order valence-electron chi connectivity index (χ1n) is 10.6. The summed E-state index contributed by atoms with van der Waals surface area (Å²) < 4.78 is 1.94. The van der Waals surface area contributed by atoms with Crippen LogP contribution < -0.4 is 10.2 Å². The van der Waals surface area contributed by atoms with Gasteiger partial charge in [0, 0.05) is 43.5 Å². The van der Waals surface area contributed by atoms with Crippen molar-refractivity contribution in [1.82, 2.24) is 15.1 Å². The van der Waals surface area contributed by atoms with Gasteiger partial charge in [-0.3, -0.25) is 19.6 Å². The number of carbonyl (C=O) groups excluding carboxylic acids is 1. The summed E-state index contributed by atoms with van der Waals surface area (Å²) in [6, 6.07) is 6.82. The minimum Gasteiger partial charge on any atom is -0.366 e. The van der Waals surface area contributed by atoms with Crippen molar-refractivity contribution in [1.29, 1.82) is 0 Å². The number of benzene rings is 1. The Balaban J connectivity index is 1.66. The molecule has 1 N–H and O–H groups in total. The monoisotopic (exact) mass is 413 g/mol. The van der Waals surface area contributed by atoms with Crippen LogP contribution in [0.1, 0.15) is 48.4 Å². The molecule has 0 radical (unpaired) electrons. The Labute approximate surface area is 177 Å². The van der Waals surface area contributed by atoms with Crippen LogP contribution in [0.2, 0.25) is 0 Å². The Hall–Kier alpha value is -2.90. The summed E-state index contributed by atoms with van der Waals surface area (Å²) in [4.78, 5) is 25.9. The Morgan fingerprint density at radius 1 is 1.37 bits per heavy atom. The zero-order chi connectivity index (χ0) is 21.8. The van der Waals surface area contributed by atoms with E-state index in [0.717, 1.165) is 37.3 Å². The molecular formula is C22H31N5O3. The normalized spacial score (nSPS) is 17.6. The van der Waals surface area contributed by atoms with E-state index in [1.165, 1.54) is 6.07 Å². The van der Waals surface area contributed by atoms with Gasteiger partial charge in [0.25, 0.3) is 11.6 Å². The van der Waals surface area contributed by atoms with Gasteiger partial charge in [-0.05, 0) is 56.7 Å².